The molecule has 2 aromatic rings. The second kappa shape index (κ2) is 16.2. The third kappa shape index (κ3) is 10.2. The topological polar surface area (TPSA) is 140 Å². The molecule has 0 atom stereocenters. The van der Waals surface area contributed by atoms with Gasteiger partial charge in [0, 0.05) is 37.9 Å². The molecular formula is C28H44N8O3. The van der Waals surface area contributed by atoms with Crippen LogP contribution >= 0.6 is 0 Å². The van der Waals surface area contributed by atoms with Crippen LogP contribution in [0.15, 0.2) is 24.3 Å². The van der Waals surface area contributed by atoms with Gasteiger partial charge in [0.25, 0.3) is 0 Å². The molecule has 0 spiro atoms. The van der Waals surface area contributed by atoms with Gasteiger partial charge in [0.1, 0.15) is 0 Å². The van der Waals surface area contributed by atoms with Gasteiger partial charge in [-0.15, -0.1) is 0 Å². The molecule has 11 nitrogen and oxygen atoms in total. The largest absolute Gasteiger partial charge is 0.378 e. The third-order valence-electron chi connectivity index (χ3n) is 6.98. The molecule has 2 fully saturated rings. The first-order valence-electron chi connectivity index (χ1n) is 14.5. The van der Waals surface area contributed by atoms with Crippen LogP contribution < -0.4 is 26.6 Å². The molecule has 214 valence electrons. The van der Waals surface area contributed by atoms with Gasteiger partial charge in [0.2, 0.25) is 23.8 Å². The van der Waals surface area contributed by atoms with Crippen molar-refractivity contribution < 1.29 is 14.3 Å². The van der Waals surface area contributed by atoms with Crippen molar-refractivity contribution in [2.24, 2.45) is 5.73 Å². The molecule has 1 aromatic heterocycles. The number of carbonyl (C=O) groups is 1. The van der Waals surface area contributed by atoms with Crippen LogP contribution in [0.2, 0.25) is 0 Å². The summed E-state index contributed by atoms with van der Waals surface area (Å²) in [5.74, 6) is 1.86. The number of aromatic nitrogens is 3. The molecule has 0 bridgehead atoms. The zero-order valence-electron chi connectivity index (χ0n) is 23.0. The number of nitrogens with zero attached hydrogens (tertiary/aromatic N) is 4. The van der Waals surface area contributed by atoms with Crippen LogP contribution in [0.3, 0.4) is 0 Å². The first-order valence-corrected chi connectivity index (χ1v) is 14.5. The highest BCUT2D eigenvalue weighted by atomic mass is 16.5. The lowest BCUT2D eigenvalue weighted by molar-refractivity contribution is -0.120. The number of ether oxygens (including phenoxy) is 2. The Balaban J connectivity index is 1.29. The van der Waals surface area contributed by atoms with E-state index in [-0.39, 0.29) is 5.91 Å². The number of benzene rings is 1. The van der Waals surface area contributed by atoms with Crippen molar-refractivity contribution in [1.29, 1.82) is 0 Å². The Morgan fingerprint density at radius 1 is 0.872 bits per heavy atom. The smallest absolute Gasteiger partial charge is 0.233 e. The van der Waals surface area contributed by atoms with Gasteiger partial charge in [0.05, 0.1) is 32.8 Å². The Morgan fingerprint density at radius 2 is 1.56 bits per heavy atom. The Labute approximate surface area is 231 Å². The Morgan fingerprint density at radius 3 is 2.31 bits per heavy atom. The number of anilines is 4. The highest BCUT2D eigenvalue weighted by Crippen LogP contribution is 2.24. The summed E-state index contributed by atoms with van der Waals surface area (Å²) >= 11 is 0. The molecule has 1 amide bonds. The van der Waals surface area contributed by atoms with E-state index in [0.717, 1.165) is 56.0 Å². The van der Waals surface area contributed by atoms with Crippen LogP contribution in [0.5, 0.6) is 0 Å². The van der Waals surface area contributed by atoms with E-state index in [0.29, 0.717) is 63.9 Å². The maximum Gasteiger partial charge on any atom is 0.233 e. The predicted octanol–water partition coefficient (Wildman–Crippen LogP) is 3.00. The standard InChI is InChI=1S/C28H44N8O3/c29-13-17-38-19-20-39-18-14-30-25(37)21-22-9-11-24(12-10-22)32-27-33-26(31-23-7-3-1-4-8-23)34-28(35-27)36-15-5-2-6-16-36/h9-12,23H,1-8,13-21,29H2,(H,30,37)(H2,31,32,33,34,35). The maximum atomic E-state index is 12.3. The van der Waals surface area contributed by atoms with Crippen LogP contribution in [-0.2, 0) is 20.7 Å². The first kappa shape index (κ1) is 29.0. The molecule has 1 saturated heterocycles. The Kier molecular flexibility index (Phi) is 12.0. The van der Waals surface area contributed by atoms with E-state index in [1.54, 1.807) is 0 Å². The average Bonchev–Trinajstić information content (AvgIpc) is 2.96. The second-order valence-corrected chi connectivity index (χ2v) is 10.2. The van der Waals surface area contributed by atoms with Gasteiger partial charge >= 0.3 is 0 Å². The van der Waals surface area contributed by atoms with Crippen molar-refractivity contribution in [3.63, 3.8) is 0 Å². The quantitative estimate of drug-likeness (QED) is 0.249. The zero-order valence-corrected chi connectivity index (χ0v) is 23.0. The summed E-state index contributed by atoms with van der Waals surface area (Å²) in [5, 5.41) is 9.79. The number of rotatable bonds is 15. The van der Waals surface area contributed by atoms with Crippen molar-refractivity contribution in [2.75, 3.05) is 68.1 Å². The lowest BCUT2D eigenvalue weighted by Gasteiger charge is -2.28. The molecule has 1 saturated carbocycles. The van der Waals surface area contributed by atoms with Gasteiger partial charge in [-0.05, 0) is 49.8 Å². The van der Waals surface area contributed by atoms with E-state index in [9.17, 15) is 4.79 Å². The molecule has 5 N–H and O–H groups in total. The summed E-state index contributed by atoms with van der Waals surface area (Å²) in [7, 11) is 0. The number of nitrogens with one attached hydrogen (secondary N) is 3. The highest BCUT2D eigenvalue weighted by molar-refractivity contribution is 5.78. The number of hydrogen-bond acceptors (Lipinski definition) is 10. The summed E-state index contributed by atoms with van der Waals surface area (Å²) in [6.45, 7) is 4.88. The van der Waals surface area contributed by atoms with E-state index in [2.05, 4.69) is 20.9 Å². The Bertz CT molecular complexity index is 995. The molecule has 1 aliphatic carbocycles. The van der Waals surface area contributed by atoms with Crippen LogP contribution in [-0.4, -0.2) is 79.5 Å². The lowest BCUT2D eigenvalue weighted by Crippen LogP contribution is -2.32. The molecule has 11 heteroatoms. The van der Waals surface area contributed by atoms with Crippen molar-refractivity contribution in [1.82, 2.24) is 20.3 Å². The van der Waals surface area contributed by atoms with E-state index in [1.165, 1.54) is 25.7 Å². The van der Waals surface area contributed by atoms with Crippen molar-refractivity contribution in [3.8, 4) is 0 Å². The van der Waals surface area contributed by atoms with Crippen LogP contribution in [0, 0.1) is 0 Å². The van der Waals surface area contributed by atoms with Gasteiger partial charge in [0.15, 0.2) is 0 Å². The minimum Gasteiger partial charge on any atom is -0.378 e. The van der Waals surface area contributed by atoms with Crippen LogP contribution in [0.25, 0.3) is 0 Å². The van der Waals surface area contributed by atoms with Gasteiger partial charge < -0.3 is 36.1 Å². The highest BCUT2D eigenvalue weighted by Gasteiger charge is 2.19. The summed E-state index contributed by atoms with van der Waals surface area (Å²) < 4.78 is 10.7. The predicted molar refractivity (Wildman–Crippen MR) is 154 cm³/mol. The van der Waals surface area contributed by atoms with E-state index in [4.69, 9.17) is 30.2 Å². The van der Waals surface area contributed by atoms with Crippen molar-refractivity contribution >= 4 is 29.4 Å². The minimum atomic E-state index is -0.0410. The molecule has 0 radical (unpaired) electrons. The molecule has 2 heterocycles. The van der Waals surface area contributed by atoms with Crippen LogP contribution in [0.4, 0.5) is 23.5 Å². The van der Waals surface area contributed by atoms with Crippen molar-refractivity contribution in [2.45, 2.75) is 63.8 Å². The van der Waals surface area contributed by atoms with Gasteiger partial charge in [-0.2, -0.15) is 15.0 Å². The van der Waals surface area contributed by atoms with Crippen LogP contribution in [0.1, 0.15) is 56.9 Å². The summed E-state index contributed by atoms with van der Waals surface area (Å²) in [6, 6.07) is 8.20. The third-order valence-corrected chi connectivity index (χ3v) is 6.98. The maximum absolute atomic E-state index is 12.3. The fourth-order valence-corrected chi connectivity index (χ4v) is 4.90. The van der Waals surface area contributed by atoms with Gasteiger partial charge in [-0.3, -0.25) is 4.79 Å². The SMILES string of the molecule is NCCOCCOCCNC(=O)Cc1ccc(Nc2nc(NC3CCCCC3)nc(N3CCCCC3)n2)cc1. The molecule has 1 aromatic carbocycles. The molecule has 0 unspecified atom stereocenters. The van der Waals surface area contributed by atoms with Gasteiger partial charge in [-0.25, -0.2) is 0 Å². The first-order chi connectivity index (χ1) is 19.2. The number of hydrogen-bond donors (Lipinski definition) is 4. The average molecular weight is 541 g/mol. The number of nitrogens with two attached hydrogens (primary N) is 1. The Hall–Kier alpha value is -3.02. The normalized spacial score (nSPS) is 16.2. The number of carbonyl (C=O) groups excluding carboxylic acids is 1. The second-order valence-electron chi connectivity index (χ2n) is 10.2. The summed E-state index contributed by atoms with van der Waals surface area (Å²) in [5.41, 5.74) is 7.16. The van der Waals surface area contributed by atoms with Gasteiger partial charge in [-0.1, -0.05) is 31.4 Å². The van der Waals surface area contributed by atoms with Crippen molar-refractivity contribution in [3.05, 3.63) is 29.8 Å². The number of amides is 1. The monoisotopic (exact) mass is 540 g/mol. The minimum absolute atomic E-state index is 0.0410. The molecule has 39 heavy (non-hydrogen) atoms. The lowest BCUT2D eigenvalue weighted by atomic mass is 9.96. The summed E-state index contributed by atoms with van der Waals surface area (Å²) in [6.07, 6.45) is 9.98. The molecule has 1 aliphatic heterocycles. The molecule has 2 aliphatic rings. The number of piperidine rings is 1. The van der Waals surface area contributed by atoms with E-state index >= 15 is 0 Å². The van der Waals surface area contributed by atoms with E-state index in [1.807, 2.05) is 24.3 Å². The fraction of sp³-hybridized carbons (Fsp3) is 0.643. The molecule has 4 rings (SSSR count). The summed E-state index contributed by atoms with van der Waals surface area (Å²) in [4.78, 5) is 28.8. The molecular weight excluding hydrogens is 496 g/mol. The van der Waals surface area contributed by atoms with E-state index < -0.39 is 0 Å². The fourth-order valence-electron chi connectivity index (χ4n) is 4.90. The zero-order chi connectivity index (χ0) is 27.1.